The molecule has 0 unspecified atom stereocenters. The van der Waals surface area contributed by atoms with Gasteiger partial charge in [-0.3, -0.25) is 14.4 Å². The number of rotatable bonds is 6. The van der Waals surface area contributed by atoms with Crippen LogP contribution in [0.1, 0.15) is 26.5 Å². The topological polar surface area (TPSA) is 118 Å². The molecule has 0 aliphatic carbocycles. The van der Waals surface area contributed by atoms with E-state index in [1.54, 1.807) is 24.3 Å². The standard InChI is InChI=1S/C24H17Cl2F3N6O3/c1-30-18(36)11-32-22(37)14-9-12-5-2-3-6-13(12)19(26)20(14)33-23(38)16-10-17(24(27,28)29)34-35(16)21-15(25)7-4-8-31-21/h2-10H,11H2,1H3,(H,30,36)(H,32,37)(H,33,38). The number of carbonyl (C=O) groups is 3. The minimum absolute atomic E-state index is 0.0421. The highest BCUT2D eigenvalue weighted by Crippen LogP contribution is 2.36. The number of carbonyl (C=O) groups excluding carboxylic acids is 3. The lowest BCUT2D eigenvalue weighted by Crippen LogP contribution is -2.35. The Balaban J connectivity index is 1.82. The predicted molar refractivity (Wildman–Crippen MR) is 135 cm³/mol. The van der Waals surface area contributed by atoms with Crippen molar-refractivity contribution in [3.63, 3.8) is 0 Å². The Morgan fingerprint density at radius 1 is 1.03 bits per heavy atom. The molecule has 2 aromatic heterocycles. The van der Waals surface area contributed by atoms with Gasteiger partial charge >= 0.3 is 6.18 Å². The third-order valence-corrected chi connectivity index (χ3v) is 6.02. The van der Waals surface area contributed by atoms with Crippen LogP contribution in [0.3, 0.4) is 0 Å². The van der Waals surface area contributed by atoms with E-state index in [9.17, 15) is 27.6 Å². The van der Waals surface area contributed by atoms with E-state index in [4.69, 9.17) is 23.2 Å². The van der Waals surface area contributed by atoms with E-state index in [1.807, 2.05) is 0 Å². The van der Waals surface area contributed by atoms with Gasteiger partial charge in [0, 0.05) is 24.7 Å². The Hall–Kier alpha value is -4.16. The number of nitrogens with zero attached hydrogens (tertiary/aromatic N) is 3. The van der Waals surface area contributed by atoms with Crippen LogP contribution in [0.25, 0.3) is 16.6 Å². The SMILES string of the molecule is CNC(=O)CNC(=O)c1cc2ccccc2c(Cl)c1NC(=O)c1cc(C(F)(F)F)nn1-c1ncccc1Cl. The molecule has 4 aromatic rings. The molecule has 2 aromatic carbocycles. The number of alkyl halides is 3. The zero-order chi connectivity index (χ0) is 27.6. The second-order valence-electron chi connectivity index (χ2n) is 7.78. The maximum atomic E-state index is 13.5. The first-order chi connectivity index (χ1) is 18.0. The molecule has 14 heteroatoms. The lowest BCUT2D eigenvalue weighted by molar-refractivity contribution is -0.141. The minimum Gasteiger partial charge on any atom is -0.358 e. The van der Waals surface area contributed by atoms with Gasteiger partial charge in [0.15, 0.2) is 11.5 Å². The lowest BCUT2D eigenvalue weighted by atomic mass is 10.0. The number of fused-ring (bicyclic) bond motifs is 1. The van der Waals surface area contributed by atoms with E-state index in [2.05, 4.69) is 26.0 Å². The molecular formula is C24H17Cl2F3N6O3. The van der Waals surface area contributed by atoms with Gasteiger partial charge in [-0.2, -0.15) is 18.3 Å². The average Bonchev–Trinajstić information content (AvgIpc) is 3.35. The molecule has 0 fully saturated rings. The molecule has 0 spiro atoms. The highest BCUT2D eigenvalue weighted by atomic mass is 35.5. The van der Waals surface area contributed by atoms with Gasteiger partial charge in [-0.1, -0.05) is 47.5 Å². The first-order valence-corrected chi connectivity index (χ1v) is 11.6. The largest absolute Gasteiger partial charge is 0.435 e. The van der Waals surface area contributed by atoms with Crippen LogP contribution in [0, 0.1) is 0 Å². The third-order valence-electron chi connectivity index (χ3n) is 5.33. The van der Waals surface area contributed by atoms with Gasteiger partial charge in [0.2, 0.25) is 5.91 Å². The van der Waals surface area contributed by atoms with E-state index in [1.165, 1.54) is 31.4 Å². The predicted octanol–water partition coefficient (Wildman–Crippen LogP) is 4.47. The van der Waals surface area contributed by atoms with Crippen molar-refractivity contribution in [1.29, 1.82) is 0 Å². The van der Waals surface area contributed by atoms with Crippen LogP contribution in [-0.2, 0) is 11.0 Å². The Morgan fingerprint density at radius 2 is 1.76 bits per heavy atom. The number of hydrogen-bond acceptors (Lipinski definition) is 5. The normalized spacial score (nSPS) is 11.3. The Labute approximate surface area is 222 Å². The summed E-state index contributed by atoms with van der Waals surface area (Å²) in [5.41, 5.74) is -2.24. The molecule has 0 saturated heterocycles. The summed E-state index contributed by atoms with van der Waals surface area (Å²) in [5.74, 6) is -2.53. The fourth-order valence-corrected chi connectivity index (χ4v) is 4.03. The minimum atomic E-state index is -4.88. The van der Waals surface area contributed by atoms with E-state index in [-0.39, 0.29) is 33.7 Å². The molecule has 0 bridgehead atoms. The fraction of sp³-hybridized carbons (Fsp3) is 0.125. The summed E-state index contributed by atoms with van der Waals surface area (Å²) < 4.78 is 41.2. The summed E-state index contributed by atoms with van der Waals surface area (Å²) in [4.78, 5) is 41.9. The maximum Gasteiger partial charge on any atom is 0.435 e. The number of likely N-dealkylation sites (N-methyl/N-ethyl adjacent to an activating group) is 1. The smallest absolute Gasteiger partial charge is 0.358 e. The number of amides is 3. The van der Waals surface area contributed by atoms with Crippen molar-refractivity contribution in [2.75, 3.05) is 18.9 Å². The van der Waals surface area contributed by atoms with Crippen LogP contribution in [0.5, 0.6) is 0 Å². The van der Waals surface area contributed by atoms with Gasteiger partial charge in [-0.25, -0.2) is 9.67 Å². The first kappa shape index (κ1) is 26.9. The number of anilines is 1. The van der Waals surface area contributed by atoms with Crippen molar-refractivity contribution >= 4 is 57.4 Å². The molecule has 3 N–H and O–H groups in total. The van der Waals surface area contributed by atoms with Gasteiger partial charge < -0.3 is 16.0 Å². The van der Waals surface area contributed by atoms with Gasteiger partial charge in [-0.15, -0.1) is 0 Å². The van der Waals surface area contributed by atoms with Crippen LogP contribution in [-0.4, -0.2) is 46.1 Å². The molecule has 196 valence electrons. The summed E-state index contributed by atoms with van der Waals surface area (Å²) in [5, 5.41) is 11.6. The fourth-order valence-electron chi connectivity index (χ4n) is 3.50. The summed E-state index contributed by atoms with van der Waals surface area (Å²) in [6.07, 6.45) is -3.61. The Kier molecular flexibility index (Phi) is 7.56. The van der Waals surface area contributed by atoms with Crippen molar-refractivity contribution in [3.8, 4) is 5.82 Å². The zero-order valence-electron chi connectivity index (χ0n) is 19.4. The monoisotopic (exact) mass is 564 g/mol. The molecule has 0 aliphatic heterocycles. The highest BCUT2D eigenvalue weighted by Gasteiger charge is 2.37. The highest BCUT2D eigenvalue weighted by molar-refractivity contribution is 6.40. The molecule has 0 radical (unpaired) electrons. The van der Waals surface area contributed by atoms with Gasteiger partial charge in [0.25, 0.3) is 11.8 Å². The van der Waals surface area contributed by atoms with Crippen LogP contribution in [0.15, 0.2) is 54.7 Å². The van der Waals surface area contributed by atoms with Crippen LogP contribution >= 0.6 is 23.2 Å². The van der Waals surface area contributed by atoms with Gasteiger partial charge in [0.1, 0.15) is 5.69 Å². The number of nitrogens with one attached hydrogen (secondary N) is 3. The molecule has 0 atom stereocenters. The number of halogens is 5. The molecule has 3 amide bonds. The van der Waals surface area contributed by atoms with E-state index in [0.29, 0.717) is 21.5 Å². The molecule has 4 rings (SSSR count). The van der Waals surface area contributed by atoms with Gasteiger partial charge in [0.05, 0.1) is 27.8 Å². The second kappa shape index (κ2) is 10.7. The summed E-state index contributed by atoms with van der Waals surface area (Å²) in [7, 11) is 1.39. The van der Waals surface area contributed by atoms with Crippen molar-refractivity contribution in [3.05, 3.63) is 81.7 Å². The van der Waals surface area contributed by atoms with Crippen molar-refractivity contribution in [1.82, 2.24) is 25.4 Å². The number of benzene rings is 2. The Morgan fingerprint density at radius 3 is 2.45 bits per heavy atom. The maximum absolute atomic E-state index is 13.5. The number of pyridine rings is 1. The van der Waals surface area contributed by atoms with Crippen LogP contribution in [0.4, 0.5) is 18.9 Å². The number of aromatic nitrogens is 3. The van der Waals surface area contributed by atoms with Crippen molar-refractivity contribution in [2.45, 2.75) is 6.18 Å². The van der Waals surface area contributed by atoms with E-state index < -0.39 is 35.3 Å². The van der Waals surface area contributed by atoms with Crippen molar-refractivity contribution in [2.24, 2.45) is 0 Å². The summed E-state index contributed by atoms with van der Waals surface area (Å²) in [6.45, 7) is -0.368. The summed E-state index contributed by atoms with van der Waals surface area (Å²) in [6, 6.07) is 11.5. The molecular weight excluding hydrogens is 548 g/mol. The lowest BCUT2D eigenvalue weighted by Gasteiger charge is -2.16. The van der Waals surface area contributed by atoms with Crippen LogP contribution < -0.4 is 16.0 Å². The number of hydrogen-bond donors (Lipinski definition) is 3. The average molecular weight is 565 g/mol. The van der Waals surface area contributed by atoms with E-state index in [0.717, 1.165) is 0 Å². The van der Waals surface area contributed by atoms with E-state index >= 15 is 0 Å². The second-order valence-corrected chi connectivity index (χ2v) is 8.56. The molecule has 38 heavy (non-hydrogen) atoms. The summed E-state index contributed by atoms with van der Waals surface area (Å²) >= 11 is 12.7. The third kappa shape index (κ3) is 5.41. The zero-order valence-corrected chi connectivity index (χ0v) is 20.9. The van der Waals surface area contributed by atoms with Crippen LogP contribution in [0.2, 0.25) is 10.0 Å². The van der Waals surface area contributed by atoms with Gasteiger partial charge in [-0.05, 0) is 23.6 Å². The Bertz CT molecular complexity index is 1570. The quantitative estimate of drug-likeness (QED) is 0.319. The van der Waals surface area contributed by atoms with Crippen molar-refractivity contribution < 1.29 is 27.6 Å². The molecule has 0 saturated carbocycles. The molecule has 9 nitrogen and oxygen atoms in total. The first-order valence-electron chi connectivity index (χ1n) is 10.8. The molecule has 0 aliphatic rings. The molecule has 2 heterocycles.